The number of carbonyl (C=O) groups excluding carboxylic acids is 1. The topological polar surface area (TPSA) is 115 Å². The maximum absolute atomic E-state index is 14.5. The number of benzene rings is 1. The Balaban J connectivity index is 1.63. The lowest BCUT2D eigenvalue weighted by Crippen LogP contribution is -2.37. The Morgan fingerprint density at radius 3 is 2.82 bits per heavy atom. The molecular weight excluding hydrogens is 589 g/mol. The van der Waals surface area contributed by atoms with Gasteiger partial charge in [0.05, 0.1) is 18.3 Å². The Morgan fingerprint density at radius 1 is 1.35 bits per heavy atom. The number of nitrogens with zero attached hydrogens (tertiary/aromatic N) is 4. The van der Waals surface area contributed by atoms with Gasteiger partial charge in [0.15, 0.2) is 11.5 Å². The standard InChI is InChI=1S/C20H20F4IN7OS/c1-31-19(32-5-4-9(26)6-20(23,24)8-32)12(7-28-31)29-17(33)15-16(27)34-18(30-15)13-10(21)2-3-11(25)14(13)22/h2-3,7,9H,4-6,8,26-27H2,1H3,(H,29,33)/t9-/m0/s1. The second-order valence-corrected chi connectivity index (χ2v) is 10.1. The van der Waals surface area contributed by atoms with E-state index in [4.69, 9.17) is 11.5 Å². The average molecular weight is 609 g/mol. The van der Waals surface area contributed by atoms with E-state index < -0.39 is 42.5 Å². The van der Waals surface area contributed by atoms with Gasteiger partial charge in [-0.3, -0.25) is 9.48 Å². The van der Waals surface area contributed by atoms with E-state index in [9.17, 15) is 22.4 Å². The van der Waals surface area contributed by atoms with E-state index >= 15 is 0 Å². The van der Waals surface area contributed by atoms with E-state index in [1.165, 1.54) is 21.8 Å². The summed E-state index contributed by atoms with van der Waals surface area (Å²) >= 11 is 2.48. The van der Waals surface area contributed by atoms with Crippen LogP contribution in [0.2, 0.25) is 0 Å². The highest BCUT2D eigenvalue weighted by atomic mass is 127. The number of aryl methyl sites for hydroxylation is 1. The molecule has 2 aromatic heterocycles. The fourth-order valence-electron chi connectivity index (χ4n) is 3.81. The van der Waals surface area contributed by atoms with Crippen LogP contribution in [0, 0.1) is 15.2 Å². The third kappa shape index (κ3) is 4.84. The summed E-state index contributed by atoms with van der Waals surface area (Å²) in [6.07, 6.45) is 1.22. The highest BCUT2D eigenvalue weighted by Gasteiger charge is 2.38. The SMILES string of the molecule is Cn1ncc(NC(=O)c2nc(-c3c(F)ccc(I)c3F)sc2N)c1N1CC[C@H](N)CC(F)(F)C1. The zero-order valence-corrected chi connectivity index (χ0v) is 20.8. The lowest BCUT2D eigenvalue weighted by atomic mass is 10.1. The third-order valence-corrected chi connectivity index (χ3v) is 7.07. The summed E-state index contributed by atoms with van der Waals surface area (Å²) in [5.74, 6) is -5.16. The number of nitrogen functional groups attached to an aromatic ring is 1. The van der Waals surface area contributed by atoms with Crippen LogP contribution in [-0.2, 0) is 7.05 Å². The largest absolute Gasteiger partial charge is 0.389 e. The number of hydrogen-bond donors (Lipinski definition) is 3. The van der Waals surface area contributed by atoms with Crippen LogP contribution in [0.25, 0.3) is 10.6 Å². The van der Waals surface area contributed by atoms with Gasteiger partial charge in [-0.05, 0) is 41.1 Å². The number of halogens is 5. The molecule has 0 spiro atoms. The Morgan fingerprint density at radius 2 is 2.09 bits per heavy atom. The summed E-state index contributed by atoms with van der Waals surface area (Å²) in [7, 11) is 1.56. The molecule has 1 aromatic carbocycles. The van der Waals surface area contributed by atoms with Gasteiger partial charge < -0.3 is 21.7 Å². The first-order valence-electron chi connectivity index (χ1n) is 10.1. The summed E-state index contributed by atoms with van der Waals surface area (Å²) in [5, 5.41) is 6.52. The van der Waals surface area contributed by atoms with Gasteiger partial charge in [0.2, 0.25) is 0 Å². The predicted octanol–water partition coefficient (Wildman–Crippen LogP) is 3.82. The van der Waals surface area contributed by atoms with Gasteiger partial charge in [0.25, 0.3) is 11.8 Å². The maximum Gasteiger partial charge on any atom is 0.277 e. The minimum Gasteiger partial charge on any atom is -0.389 e. The first kappa shape index (κ1) is 24.7. The zero-order valence-electron chi connectivity index (χ0n) is 17.8. The van der Waals surface area contributed by atoms with Crippen molar-refractivity contribution in [3.05, 3.63) is 39.2 Å². The second-order valence-electron chi connectivity index (χ2n) is 7.94. The van der Waals surface area contributed by atoms with Crippen molar-refractivity contribution in [1.82, 2.24) is 14.8 Å². The van der Waals surface area contributed by atoms with Crippen LogP contribution in [0.1, 0.15) is 23.3 Å². The average Bonchev–Trinajstić information content (AvgIpc) is 3.26. The second kappa shape index (κ2) is 9.30. The summed E-state index contributed by atoms with van der Waals surface area (Å²) in [6, 6.07) is 1.73. The van der Waals surface area contributed by atoms with Crippen molar-refractivity contribution in [3.63, 3.8) is 0 Å². The van der Waals surface area contributed by atoms with Crippen molar-refractivity contribution in [3.8, 4) is 10.6 Å². The Kier molecular flexibility index (Phi) is 6.74. The van der Waals surface area contributed by atoms with Crippen LogP contribution in [0.4, 0.5) is 34.1 Å². The monoisotopic (exact) mass is 609 g/mol. The molecule has 0 aliphatic carbocycles. The molecule has 1 amide bonds. The minimum absolute atomic E-state index is 0.0529. The molecule has 8 nitrogen and oxygen atoms in total. The molecule has 0 radical (unpaired) electrons. The van der Waals surface area contributed by atoms with Gasteiger partial charge in [-0.1, -0.05) is 11.3 Å². The lowest BCUT2D eigenvalue weighted by molar-refractivity contribution is -0.000527. The Labute approximate surface area is 209 Å². The molecule has 1 atom stereocenters. The Bertz CT molecular complexity index is 1250. The smallest absolute Gasteiger partial charge is 0.277 e. The minimum atomic E-state index is -3.02. The van der Waals surface area contributed by atoms with E-state index in [1.54, 1.807) is 29.6 Å². The number of nitrogens with one attached hydrogen (secondary N) is 1. The Hall–Kier alpha value is -2.46. The van der Waals surface area contributed by atoms with Crippen LogP contribution in [-0.4, -0.2) is 45.7 Å². The molecule has 3 aromatic rings. The summed E-state index contributed by atoms with van der Waals surface area (Å²) in [6.45, 7) is -0.343. The van der Waals surface area contributed by atoms with Crippen LogP contribution in [0.5, 0.6) is 0 Å². The van der Waals surface area contributed by atoms with Crippen LogP contribution < -0.4 is 21.7 Å². The van der Waals surface area contributed by atoms with Crippen molar-refractivity contribution in [2.75, 3.05) is 29.0 Å². The van der Waals surface area contributed by atoms with Gasteiger partial charge in [-0.2, -0.15) is 5.10 Å². The number of rotatable bonds is 4. The first-order valence-corrected chi connectivity index (χ1v) is 12.0. The zero-order chi connectivity index (χ0) is 24.8. The normalized spacial score (nSPS) is 18.1. The third-order valence-electron chi connectivity index (χ3n) is 5.33. The number of carbonyl (C=O) groups is 1. The van der Waals surface area contributed by atoms with Gasteiger partial charge in [0.1, 0.15) is 27.3 Å². The molecule has 0 unspecified atom stereocenters. The van der Waals surface area contributed by atoms with Crippen molar-refractivity contribution in [2.24, 2.45) is 12.8 Å². The van der Waals surface area contributed by atoms with E-state index in [0.29, 0.717) is 6.42 Å². The summed E-state index contributed by atoms with van der Waals surface area (Å²) in [5.41, 5.74) is 11.3. The molecule has 0 saturated carbocycles. The highest BCUT2D eigenvalue weighted by Crippen LogP contribution is 2.36. The molecule has 34 heavy (non-hydrogen) atoms. The van der Waals surface area contributed by atoms with Crippen molar-refractivity contribution >= 4 is 56.3 Å². The van der Waals surface area contributed by atoms with Crippen LogP contribution in [0.15, 0.2) is 18.3 Å². The van der Waals surface area contributed by atoms with Crippen molar-refractivity contribution in [2.45, 2.75) is 24.8 Å². The molecule has 1 aliphatic heterocycles. The van der Waals surface area contributed by atoms with Gasteiger partial charge in [0, 0.05) is 29.6 Å². The molecule has 3 heterocycles. The van der Waals surface area contributed by atoms with Crippen LogP contribution >= 0.6 is 33.9 Å². The molecule has 182 valence electrons. The van der Waals surface area contributed by atoms with Crippen molar-refractivity contribution < 1.29 is 22.4 Å². The molecule has 1 fully saturated rings. The van der Waals surface area contributed by atoms with Crippen molar-refractivity contribution in [1.29, 1.82) is 0 Å². The number of thiazole rings is 1. The summed E-state index contributed by atoms with van der Waals surface area (Å²) in [4.78, 5) is 18.4. The molecule has 1 aliphatic rings. The quantitative estimate of drug-likeness (QED) is 0.236. The predicted molar refractivity (Wildman–Crippen MR) is 130 cm³/mol. The van der Waals surface area contributed by atoms with E-state index in [2.05, 4.69) is 15.4 Å². The molecule has 0 bridgehead atoms. The van der Waals surface area contributed by atoms with Crippen LogP contribution in [0.3, 0.4) is 0 Å². The fourth-order valence-corrected chi connectivity index (χ4v) is 5.13. The maximum atomic E-state index is 14.5. The number of anilines is 3. The number of amides is 1. The fraction of sp³-hybridized carbons (Fsp3) is 0.350. The number of aromatic nitrogens is 3. The molecule has 5 N–H and O–H groups in total. The first-order chi connectivity index (χ1) is 16.0. The highest BCUT2D eigenvalue weighted by molar-refractivity contribution is 14.1. The number of alkyl halides is 2. The van der Waals surface area contributed by atoms with Gasteiger partial charge in [-0.25, -0.2) is 22.5 Å². The molecule has 4 rings (SSSR count). The number of nitrogens with two attached hydrogens (primary N) is 2. The summed E-state index contributed by atoms with van der Waals surface area (Å²) < 4.78 is 59.0. The van der Waals surface area contributed by atoms with E-state index in [0.717, 1.165) is 17.4 Å². The van der Waals surface area contributed by atoms with E-state index in [1.807, 2.05) is 0 Å². The molecule has 1 saturated heterocycles. The molecular formula is C20H20F4IN7OS. The van der Waals surface area contributed by atoms with E-state index in [-0.39, 0.29) is 42.9 Å². The molecule has 14 heteroatoms. The lowest BCUT2D eigenvalue weighted by Gasteiger charge is -2.26. The number of hydrogen-bond acceptors (Lipinski definition) is 7. The van der Waals surface area contributed by atoms with Gasteiger partial charge in [-0.15, -0.1) is 0 Å². The van der Waals surface area contributed by atoms with Gasteiger partial charge >= 0.3 is 0 Å².